The van der Waals surface area contributed by atoms with Crippen LogP contribution in [0.1, 0.15) is 17.1 Å². The van der Waals surface area contributed by atoms with Crippen molar-refractivity contribution in [2.75, 3.05) is 0 Å². The average molecular weight is 306 g/mol. The van der Waals surface area contributed by atoms with Gasteiger partial charge in [-0.15, -0.1) is 11.6 Å². The topological polar surface area (TPSA) is 47.8 Å². The zero-order valence-electron chi connectivity index (χ0n) is 11.1. The maximum Gasteiger partial charge on any atom is 0.268 e. The van der Waals surface area contributed by atoms with Gasteiger partial charge in [-0.1, -0.05) is 18.2 Å². The van der Waals surface area contributed by atoms with Crippen molar-refractivity contribution in [1.29, 1.82) is 0 Å². The molecule has 0 unspecified atom stereocenters. The molecule has 0 fully saturated rings. The van der Waals surface area contributed by atoms with Crippen LogP contribution >= 0.6 is 23.1 Å². The van der Waals surface area contributed by atoms with Crippen molar-refractivity contribution in [2.24, 2.45) is 0 Å². The van der Waals surface area contributed by atoms with E-state index in [2.05, 4.69) is 9.36 Å². The lowest BCUT2D eigenvalue weighted by Gasteiger charge is -2.12. The first-order valence-corrected chi connectivity index (χ1v) is 7.44. The van der Waals surface area contributed by atoms with Gasteiger partial charge in [0.25, 0.3) is 5.56 Å². The van der Waals surface area contributed by atoms with Crippen LogP contribution < -0.4 is 5.56 Å². The minimum atomic E-state index is -0.105. The number of hydrogen-bond acceptors (Lipinski definition) is 4. The summed E-state index contributed by atoms with van der Waals surface area (Å²) in [5, 5.41) is 0.576. The molecule has 0 aliphatic carbocycles. The molecule has 0 N–H and O–H groups in total. The fourth-order valence-electron chi connectivity index (χ4n) is 2.23. The standard InChI is InChI=1S/C14H12ClN3OS/c1-8-5-3-4-6-10(8)18-11(7-15)16-13-12(14(18)19)9(2)17-20-13/h3-6H,7H2,1-2H3. The van der Waals surface area contributed by atoms with Gasteiger partial charge in [0, 0.05) is 0 Å². The Morgan fingerprint density at radius 1 is 1.30 bits per heavy atom. The van der Waals surface area contributed by atoms with Crippen molar-refractivity contribution in [1.82, 2.24) is 13.9 Å². The van der Waals surface area contributed by atoms with E-state index in [1.165, 1.54) is 11.5 Å². The lowest BCUT2D eigenvalue weighted by molar-refractivity contribution is 0.876. The van der Waals surface area contributed by atoms with Crippen LogP contribution in [0.25, 0.3) is 15.9 Å². The van der Waals surface area contributed by atoms with E-state index in [4.69, 9.17) is 11.6 Å². The summed E-state index contributed by atoms with van der Waals surface area (Å²) in [5.41, 5.74) is 2.42. The number of rotatable bonds is 2. The number of halogens is 1. The highest BCUT2D eigenvalue weighted by molar-refractivity contribution is 7.12. The van der Waals surface area contributed by atoms with E-state index in [9.17, 15) is 4.79 Å². The summed E-state index contributed by atoms with van der Waals surface area (Å²) in [7, 11) is 0. The molecule has 0 saturated carbocycles. The third kappa shape index (κ3) is 1.94. The van der Waals surface area contributed by atoms with Crippen LogP contribution in [0.5, 0.6) is 0 Å². The van der Waals surface area contributed by atoms with Crippen LogP contribution in [0.3, 0.4) is 0 Å². The van der Waals surface area contributed by atoms with Crippen molar-refractivity contribution >= 4 is 33.4 Å². The molecule has 3 rings (SSSR count). The monoisotopic (exact) mass is 305 g/mol. The molecule has 6 heteroatoms. The minimum Gasteiger partial charge on any atom is -0.268 e. The number of aromatic nitrogens is 3. The van der Waals surface area contributed by atoms with Crippen molar-refractivity contribution in [3.8, 4) is 5.69 Å². The highest BCUT2D eigenvalue weighted by atomic mass is 35.5. The van der Waals surface area contributed by atoms with Crippen LogP contribution in [-0.2, 0) is 5.88 Å². The first kappa shape index (κ1) is 13.3. The summed E-state index contributed by atoms with van der Waals surface area (Å²) >= 11 is 7.21. The lowest BCUT2D eigenvalue weighted by Crippen LogP contribution is -2.23. The molecular weight excluding hydrogens is 294 g/mol. The second-order valence-electron chi connectivity index (χ2n) is 4.54. The largest absolute Gasteiger partial charge is 0.268 e. The Balaban J connectivity index is 2.46. The Morgan fingerprint density at radius 3 is 2.75 bits per heavy atom. The number of aryl methyl sites for hydroxylation is 2. The fourth-order valence-corrected chi connectivity index (χ4v) is 3.20. The van der Waals surface area contributed by atoms with E-state index < -0.39 is 0 Å². The van der Waals surface area contributed by atoms with Crippen molar-refractivity contribution in [3.05, 3.63) is 51.7 Å². The molecule has 2 heterocycles. The van der Waals surface area contributed by atoms with Gasteiger partial charge in [-0.25, -0.2) is 4.98 Å². The molecule has 0 bridgehead atoms. The summed E-state index contributed by atoms with van der Waals surface area (Å²) < 4.78 is 5.80. The summed E-state index contributed by atoms with van der Waals surface area (Å²) in [6.45, 7) is 3.78. The Labute approximate surface area is 124 Å². The van der Waals surface area contributed by atoms with E-state index in [1.54, 1.807) is 4.57 Å². The summed E-state index contributed by atoms with van der Waals surface area (Å²) in [4.78, 5) is 17.9. The van der Waals surface area contributed by atoms with Crippen LogP contribution in [0.4, 0.5) is 0 Å². The van der Waals surface area contributed by atoms with Gasteiger partial charge in [-0.2, -0.15) is 4.37 Å². The van der Waals surface area contributed by atoms with Crippen LogP contribution in [0, 0.1) is 13.8 Å². The van der Waals surface area contributed by atoms with Gasteiger partial charge < -0.3 is 0 Å². The predicted octanol–water partition coefficient (Wildman–Crippen LogP) is 3.20. The molecule has 0 spiro atoms. The van der Waals surface area contributed by atoms with Gasteiger partial charge in [-0.05, 0) is 37.0 Å². The smallest absolute Gasteiger partial charge is 0.268 e. The Bertz CT molecular complexity index is 853. The van der Waals surface area contributed by atoms with Gasteiger partial charge in [-0.3, -0.25) is 9.36 Å². The maximum absolute atomic E-state index is 12.8. The molecule has 0 aliphatic rings. The van der Waals surface area contributed by atoms with Crippen molar-refractivity contribution < 1.29 is 0 Å². The number of benzene rings is 1. The second kappa shape index (κ2) is 5.00. The molecule has 102 valence electrons. The van der Waals surface area contributed by atoms with Crippen molar-refractivity contribution in [2.45, 2.75) is 19.7 Å². The molecular formula is C14H12ClN3OS. The van der Waals surface area contributed by atoms with E-state index in [0.717, 1.165) is 11.3 Å². The normalized spacial score (nSPS) is 11.2. The predicted molar refractivity (Wildman–Crippen MR) is 82.0 cm³/mol. The van der Waals surface area contributed by atoms with Gasteiger partial charge in [0.2, 0.25) is 0 Å². The third-order valence-corrected chi connectivity index (χ3v) is 4.30. The highest BCUT2D eigenvalue weighted by Gasteiger charge is 2.16. The number of alkyl halides is 1. The lowest BCUT2D eigenvalue weighted by atomic mass is 10.2. The van der Waals surface area contributed by atoms with E-state index in [1.807, 2.05) is 38.1 Å². The Kier molecular flexibility index (Phi) is 3.31. The zero-order valence-corrected chi connectivity index (χ0v) is 12.6. The molecule has 0 aliphatic heterocycles. The summed E-state index contributed by atoms with van der Waals surface area (Å²) in [6, 6.07) is 7.70. The number of fused-ring (bicyclic) bond motifs is 1. The van der Waals surface area contributed by atoms with Crippen LogP contribution in [0.15, 0.2) is 29.1 Å². The van der Waals surface area contributed by atoms with Crippen LogP contribution in [0.2, 0.25) is 0 Å². The molecule has 0 amide bonds. The van der Waals surface area contributed by atoms with E-state index >= 15 is 0 Å². The molecule has 2 aromatic heterocycles. The zero-order chi connectivity index (χ0) is 14.3. The molecule has 0 radical (unpaired) electrons. The molecule has 1 aromatic carbocycles. The minimum absolute atomic E-state index is 0.105. The van der Waals surface area contributed by atoms with Gasteiger partial charge in [0.05, 0.1) is 17.3 Å². The van der Waals surface area contributed by atoms with Crippen LogP contribution in [-0.4, -0.2) is 13.9 Å². The van der Waals surface area contributed by atoms with Gasteiger partial charge in [0.1, 0.15) is 11.2 Å². The maximum atomic E-state index is 12.8. The average Bonchev–Trinajstić information content (AvgIpc) is 2.81. The van der Waals surface area contributed by atoms with Crippen molar-refractivity contribution in [3.63, 3.8) is 0 Å². The number of nitrogens with zero attached hydrogens (tertiary/aromatic N) is 3. The molecule has 0 saturated heterocycles. The quantitative estimate of drug-likeness (QED) is 0.683. The van der Waals surface area contributed by atoms with E-state index in [-0.39, 0.29) is 11.4 Å². The van der Waals surface area contributed by atoms with Gasteiger partial charge in [0.15, 0.2) is 4.83 Å². The first-order valence-electron chi connectivity index (χ1n) is 6.13. The SMILES string of the molecule is Cc1ccccc1-n1c(CCl)nc2snc(C)c2c1=O. The fraction of sp³-hybridized carbons (Fsp3) is 0.214. The molecule has 0 atom stereocenters. The molecule has 20 heavy (non-hydrogen) atoms. The Hall–Kier alpha value is -1.72. The highest BCUT2D eigenvalue weighted by Crippen LogP contribution is 2.21. The molecule has 4 nitrogen and oxygen atoms in total. The molecule has 3 aromatic rings. The first-order chi connectivity index (χ1) is 9.63. The summed E-state index contributed by atoms with van der Waals surface area (Å²) in [6.07, 6.45) is 0. The van der Waals surface area contributed by atoms with E-state index in [0.29, 0.717) is 21.7 Å². The number of para-hydroxylation sites is 1. The second-order valence-corrected chi connectivity index (χ2v) is 5.56. The number of hydrogen-bond donors (Lipinski definition) is 0. The Morgan fingerprint density at radius 2 is 2.05 bits per heavy atom. The third-order valence-electron chi connectivity index (χ3n) is 3.23. The van der Waals surface area contributed by atoms with Gasteiger partial charge >= 0.3 is 0 Å². The summed E-state index contributed by atoms with van der Waals surface area (Å²) in [5.74, 6) is 0.721.